The molecule has 0 saturated heterocycles. The molecule has 0 saturated carbocycles. The molecule has 0 spiro atoms. The van der Waals surface area contributed by atoms with Gasteiger partial charge in [0.2, 0.25) is 0 Å². The molecule has 0 bridgehead atoms. The zero-order chi connectivity index (χ0) is 12.1. The summed E-state index contributed by atoms with van der Waals surface area (Å²) in [6.45, 7) is 7.88. The molecule has 0 radical (unpaired) electrons. The molecule has 6 nitrogen and oxygen atoms in total. The summed E-state index contributed by atoms with van der Waals surface area (Å²) in [5, 5.41) is 17.5. The monoisotopic (exact) mass is 288 g/mol. The summed E-state index contributed by atoms with van der Waals surface area (Å²) in [5.41, 5.74) is 0.923. The van der Waals surface area contributed by atoms with Crippen LogP contribution < -0.4 is 5.32 Å². The highest BCUT2D eigenvalue weighted by Gasteiger charge is 2.18. The Kier molecular flexibility index (Phi) is 4.63. The molecular formula is C9H13BrN4O2. The highest BCUT2D eigenvalue weighted by atomic mass is 79.9. The lowest BCUT2D eigenvalue weighted by molar-refractivity contribution is -0.390. The molecule has 1 heterocycles. The molecule has 0 aliphatic carbocycles. The topological polar surface area (TPSA) is 73.0 Å². The maximum Gasteiger partial charge on any atom is 0.404 e. The summed E-state index contributed by atoms with van der Waals surface area (Å²) >= 11 is 3.09. The van der Waals surface area contributed by atoms with Gasteiger partial charge in [0.05, 0.1) is 17.8 Å². The fourth-order valence-corrected chi connectivity index (χ4v) is 1.64. The predicted octanol–water partition coefficient (Wildman–Crippen LogP) is 1.72. The largest absolute Gasteiger partial charge is 0.404 e. The SMILES string of the molecule is C=C(CNCC)Cn1cc(Br)c([N+](=O)[O-])n1. The van der Waals surface area contributed by atoms with E-state index < -0.39 is 4.92 Å². The van der Waals surface area contributed by atoms with E-state index in [-0.39, 0.29) is 5.82 Å². The van der Waals surface area contributed by atoms with Crippen LogP contribution in [0.1, 0.15) is 6.92 Å². The van der Waals surface area contributed by atoms with Crippen LogP contribution in [-0.4, -0.2) is 27.8 Å². The normalized spacial score (nSPS) is 10.4. The van der Waals surface area contributed by atoms with Crippen molar-refractivity contribution in [3.63, 3.8) is 0 Å². The number of nitrogens with zero attached hydrogens (tertiary/aromatic N) is 3. The van der Waals surface area contributed by atoms with Gasteiger partial charge in [0.1, 0.15) is 4.47 Å². The van der Waals surface area contributed by atoms with Gasteiger partial charge in [-0.3, -0.25) is 0 Å². The third-order valence-electron chi connectivity index (χ3n) is 1.88. The van der Waals surface area contributed by atoms with Crippen LogP contribution in [0.2, 0.25) is 0 Å². The number of likely N-dealkylation sites (N-methyl/N-ethyl adjacent to an activating group) is 1. The van der Waals surface area contributed by atoms with Crippen molar-refractivity contribution < 1.29 is 4.92 Å². The van der Waals surface area contributed by atoms with Gasteiger partial charge in [-0.1, -0.05) is 13.5 Å². The van der Waals surface area contributed by atoms with Crippen molar-refractivity contribution in [2.24, 2.45) is 0 Å². The highest BCUT2D eigenvalue weighted by Crippen LogP contribution is 2.22. The summed E-state index contributed by atoms with van der Waals surface area (Å²) in [6.07, 6.45) is 1.58. The maximum atomic E-state index is 10.6. The second kappa shape index (κ2) is 5.76. The second-order valence-electron chi connectivity index (χ2n) is 3.29. The number of rotatable bonds is 6. The number of nitro groups is 1. The average molecular weight is 289 g/mol. The van der Waals surface area contributed by atoms with Crippen LogP contribution in [0, 0.1) is 10.1 Å². The summed E-state index contributed by atoms with van der Waals surface area (Å²) < 4.78 is 1.88. The fraction of sp³-hybridized carbons (Fsp3) is 0.444. The Morgan fingerprint density at radius 3 is 3.00 bits per heavy atom. The Balaban J connectivity index is 2.64. The molecule has 0 amide bonds. The molecule has 0 unspecified atom stereocenters. The van der Waals surface area contributed by atoms with Crippen molar-refractivity contribution in [2.75, 3.05) is 13.1 Å². The zero-order valence-corrected chi connectivity index (χ0v) is 10.5. The molecule has 1 rings (SSSR count). The van der Waals surface area contributed by atoms with Gasteiger partial charge in [-0.2, -0.15) is 4.68 Å². The van der Waals surface area contributed by atoms with Crippen molar-refractivity contribution in [1.82, 2.24) is 15.1 Å². The summed E-state index contributed by atoms with van der Waals surface area (Å²) in [6, 6.07) is 0. The molecule has 1 N–H and O–H groups in total. The minimum atomic E-state index is -0.520. The van der Waals surface area contributed by atoms with Crippen molar-refractivity contribution in [1.29, 1.82) is 0 Å². The molecule has 16 heavy (non-hydrogen) atoms. The zero-order valence-electron chi connectivity index (χ0n) is 8.94. The van der Waals surface area contributed by atoms with E-state index >= 15 is 0 Å². The minimum absolute atomic E-state index is 0.170. The van der Waals surface area contributed by atoms with Gasteiger partial charge < -0.3 is 15.4 Å². The van der Waals surface area contributed by atoms with Gasteiger partial charge in [0, 0.05) is 6.54 Å². The van der Waals surface area contributed by atoms with Crippen LogP contribution in [0.3, 0.4) is 0 Å². The minimum Gasteiger partial charge on any atom is -0.358 e. The van der Waals surface area contributed by atoms with Crippen LogP contribution >= 0.6 is 15.9 Å². The number of aromatic nitrogens is 2. The molecule has 1 aromatic rings. The lowest BCUT2D eigenvalue weighted by Crippen LogP contribution is -2.18. The molecule has 88 valence electrons. The van der Waals surface area contributed by atoms with E-state index in [9.17, 15) is 10.1 Å². The molecule has 7 heteroatoms. The molecule has 1 aromatic heterocycles. The molecule has 0 atom stereocenters. The Morgan fingerprint density at radius 2 is 2.50 bits per heavy atom. The third kappa shape index (κ3) is 3.42. The Morgan fingerprint density at radius 1 is 1.81 bits per heavy atom. The lowest BCUT2D eigenvalue weighted by Gasteiger charge is -2.03. The van der Waals surface area contributed by atoms with E-state index in [4.69, 9.17) is 0 Å². The average Bonchev–Trinajstić information content (AvgIpc) is 2.56. The van der Waals surface area contributed by atoms with Crippen LogP contribution in [0.5, 0.6) is 0 Å². The Hall–Kier alpha value is -1.21. The van der Waals surface area contributed by atoms with Gasteiger partial charge in [-0.25, -0.2) is 0 Å². The first-order valence-corrected chi connectivity index (χ1v) is 5.58. The molecule has 0 aliphatic heterocycles. The van der Waals surface area contributed by atoms with Gasteiger partial charge in [0.25, 0.3) is 0 Å². The Labute approximate surface area is 102 Å². The van der Waals surface area contributed by atoms with Crippen molar-refractivity contribution in [2.45, 2.75) is 13.5 Å². The fourth-order valence-electron chi connectivity index (χ4n) is 1.18. The van der Waals surface area contributed by atoms with E-state index in [0.717, 1.165) is 12.1 Å². The number of nitrogens with one attached hydrogen (secondary N) is 1. The Bertz CT molecular complexity index is 402. The number of hydrogen-bond acceptors (Lipinski definition) is 4. The molecule has 0 aliphatic rings. The molecule has 0 fully saturated rings. The van der Waals surface area contributed by atoms with E-state index in [1.54, 1.807) is 6.20 Å². The van der Waals surface area contributed by atoms with Gasteiger partial charge >= 0.3 is 5.82 Å². The van der Waals surface area contributed by atoms with E-state index in [2.05, 4.69) is 32.9 Å². The van der Waals surface area contributed by atoms with Gasteiger partial charge in [-0.15, -0.1) is 0 Å². The van der Waals surface area contributed by atoms with Crippen LogP contribution in [0.25, 0.3) is 0 Å². The predicted molar refractivity (Wildman–Crippen MR) is 64.3 cm³/mol. The van der Waals surface area contributed by atoms with Crippen molar-refractivity contribution in [3.05, 3.63) is 32.9 Å². The first kappa shape index (κ1) is 12.9. The van der Waals surface area contributed by atoms with Crippen molar-refractivity contribution >= 4 is 21.7 Å². The van der Waals surface area contributed by atoms with E-state index in [1.807, 2.05) is 6.92 Å². The third-order valence-corrected chi connectivity index (χ3v) is 2.44. The van der Waals surface area contributed by atoms with Crippen LogP contribution in [-0.2, 0) is 6.54 Å². The molecular weight excluding hydrogens is 276 g/mol. The summed E-state index contributed by atoms with van der Waals surface area (Å²) in [4.78, 5) is 10.0. The smallest absolute Gasteiger partial charge is 0.358 e. The van der Waals surface area contributed by atoms with Crippen LogP contribution in [0.15, 0.2) is 22.8 Å². The standard InChI is InChI=1S/C9H13BrN4O2/c1-3-11-4-7(2)5-13-6-8(10)9(12-13)14(15)16/h6,11H,2-5H2,1H3. The summed E-state index contributed by atoms with van der Waals surface area (Å²) in [5.74, 6) is -0.170. The number of halogens is 1. The number of hydrogen-bond donors (Lipinski definition) is 1. The highest BCUT2D eigenvalue weighted by molar-refractivity contribution is 9.10. The van der Waals surface area contributed by atoms with E-state index in [1.165, 1.54) is 4.68 Å². The first-order chi connectivity index (χ1) is 7.54. The van der Waals surface area contributed by atoms with E-state index in [0.29, 0.717) is 17.6 Å². The van der Waals surface area contributed by atoms with Gasteiger partial charge in [0.15, 0.2) is 0 Å². The van der Waals surface area contributed by atoms with Crippen LogP contribution in [0.4, 0.5) is 5.82 Å². The lowest BCUT2D eigenvalue weighted by atomic mass is 10.3. The maximum absolute atomic E-state index is 10.6. The van der Waals surface area contributed by atoms with Gasteiger partial charge in [-0.05, 0) is 33.0 Å². The summed E-state index contributed by atoms with van der Waals surface area (Å²) in [7, 11) is 0. The first-order valence-electron chi connectivity index (χ1n) is 4.79. The second-order valence-corrected chi connectivity index (χ2v) is 4.14. The molecule has 0 aromatic carbocycles. The quantitative estimate of drug-likeness (QED) is 0.491. The van der Waals surface area contributed by atoms with Crippen molar-refractivity contribution in [3.8, 4) is 0 Å².